The normalized spacial score (nSPS) is 12.6. The molecule has 0 fully saturated rings. The molecule has 0 aliphatic heterocycles. The molecule has 10 heteroatoms. The van der Waals surface area contributed by atoms with E-state index in [1.807, 2.05) is 0 Å². The molecule has 3 aromatic rings. The van der Waals surface area contributed by atoms with Crippen LogP contribution in [0.3, 0.4) is 0 Å². The molecular weight excluding hydrogens is 495 g/mol. The summed E-state index contributed by atoms with van der Waals surface area (Å²) >= 11 is 1.00. The Morgan fingerprint density at radius 3 is 2.33 bits per heavy atom. The number of carbonyl (C=O) groups is 2. The van der Waals surface area contributed by atoms with Crippen molar-refractivity contribution in [3.63, 3.8) is 0 Å². The number of benzene rings is 2. The maximum Gasteiger partial charge on any atom is 0.416 e. The van der Waals surface area contributed by atoms with Crippen molar-refractivity contribution < 1.29 is 32.2 Å². The van der Waals surface area contributed by atoms with Gasteiger partial charge in [-0.15, -0.1) is 11.3 Å². The van der Waals surface area contributed by atoms with E-state index in [1.165, 1.54) is 35.8 Å². The summed E-state index contributed by atoms with van der Waals surface area (Å²) in [4.78, 5) is 37.4. The van der Waals surface area contributed by atoms with Crippen LogP contribution in [-0.2, 0) is 22.3 Å². The molecule has 0 saturated heterocycles. The molecule has 1 aromatic heterocycles. The van der Waals surface area contributed by atoms with E-state index < -0.39 is 23.3 Å². The van der Waals surface area contributed by atoms with Crippen molar-refractivity contribution in [1.82, 2.24) is 4.57 Å². The fourth-order valence-corrected chi connectivity index (χ4v) is 4.42. The Morgan fingerprint density at radius 2 is 1.75 bits per heavy atom. The van der Waals surface area contributed by atoms with E-state index in [0.29, 0.717) is 29.0 Å². The second-order valence-electron chi connectivity index (χ2n) is 7.67. The zero-order valence-electron chi connectivity index (χ0n) is 19.8. The maximum absolute atomic E-state index is 13.3. The summed E-state index contributed by atoms with van der Waals surface area (Å²) in [5, 5.41) is 0. The van der Waals surface area contributed by atoms with Gasteiger partial charge in [-0.2, -0.15) is 13.2 Å². The summed E-state index contributed by atoms with van der Waals surface area (Å²) in [5.74, 6) is -0.321. The third-order valence-corrected chi connectivity index (χ3v) is 6.16. The molecule has 190 valence electrons. The topological polar surface area (TPSA) is 74.6 Å². The minimum absolute atomic E-state index is 0.00211. The highest BCUT2D eigenvalue weighted by Gasteiger charge is 2.29. The highest BCUT2D eigenvalue weighted by atomic mass is 32.1. The van der Waals surface area contributed by atoms with E-state index in [1.54, 1.807) is 32.0 Å². The van der Waals surface area contributed by atoms with Crippen molar-refractivity contribution >= 4 is 35.2 Å². The van der Waals surface area contributed by atoms with Crippen molar-refractivity contribution in [3.8, 4) is 5.75 Å². The van der Waals surface area contributed by atoms with Crippen LogP contribution in [0.25, 0.3) is 12.2 Å². The van der Waals surface area contributed by atoms with E-state index in [4.69, 9.17) is 9.47 Å². The monoisotopic (exact) mass is 519 g/mol. The SMILES string of the molecule is CCOC(=O)/C=c1\s/c(=C/c2ccc(C(F)(F)F)cc2)c(=O)n1Cc1cc(C(C)=O)ccc1OCC. The number of ether oxygens (including phenoxy) is 2. The number of nitrogens with zero attached hydrogens (tertiary/aromatic N) is 1. The molecule has 0 saturated carbocycles. The van der Waals surface area contributed by atoms with Crippen molar-refractivity contribution in [1.29, 1.82) is 0 Å². The van der Waals surface area contributed by atoms with Gasteiger partial charge in [0.05, 0.1) is 35.9 Å². The second kappa shape index (κ2) is 11.4. The summed E-state index contributed by atoms with van der Waals surface area (Å²) in [7, 11) is 0. The van der Waals surface area contributed by atoms with Crippen LogP contribution in [0.5, 0.6) is 5.75 Å². The Bertz CT molecular complexity index is 1440. The molecule has 0 amide bonds. The summed E-state index contributed by atoms with van der Waals surface area (Å²) < 4.78 is 51.1. The fourth-order valence-electron chi connectivity index (χ4n) is 3.39. The van der Waals surface area contributed by atoms with Crippen LogP contribution in [0, 0.1) is 0 Å². The first-order valence-electron chi connectivity index (χ1n) is 11.1. The quantitative estimate of drug-likeness (QED) is 0.335. The molecule has 0 radical (unpaired) electrons. The number of alkyl halides is 3. The predicted molar refractivity (Wildman–Crippen MR) is 131 cm³/mol. The smallest absolute Gasteiger partial charge is 0.416 e. The lowest BCUT2D eigenvalue weighted by atomic mass is 10.1. The Kier molecular flexibility index (Phi) is 8.52. The van der Waals surface area contributed by atoms with E-state index in [-0.39, 0.29) is 28.1 Å². The molecule has 1 heterocycles. The Balaban J connectivity index is 2.16. The lowest BCUT2D eigenvalue weighted by Crippen LogP contribution is -2.32. The van der Waals surface area contributed by atoms with E-state index >= 15 is 0 Å². The lowest BCUT2D eigenvalue weighted by Gasteiger charge is -2.12. The van der Waals surface area contributed by atoms with Gasteiger partial charge in [0.2, 0.25) is 0 Å². The van der Waals surface area contributed by atoms with Crippen LogP contribution in [0.4, 0.5) is 13.2 Å². The number of halogens is 3. The molecular formula is C26H24F3NO5S. The minimum atomic E-state index is -4.47. The Labute approximate surface area is 208 Å². The van der Waals surface area contributed by atoms with Crippen molar-refractivity contribution in [2.45, 2.75) is 33.5 Å². The van der Waals surface area contributed by atoms with Gasteiger partial charge in [-0.3, -0.25) is 14.2 Å². The van der Waals surface area contributed by atoms with Gasteiger partial charge in [0.25, 0.3) is 5.56 Å². The predicted octanol–water partition coefficient (Wildman–Crippen LogP) is 3.75. The highest BCUT2D eigenvalue weighted by Crippen LogP contribution is 2.29. The summed E-state index contributed by atoms with van der Waals surface area (Å²) in [5.41, 5.74) is 0.137. The first kappa shape index (κ1) is 26.9. The maximum atomic E-state index is 13.3. The number of thiazole rings is 1. The van der Waals surface area contributed by atoms with Crippen LogP contribution in [0.1, 0.15) is 47.8 Å². The number of aromatic nitrogens is 1. The average molecular weight is 520 g/mol. The lowest BCUT2D eigenvalue weighted by molar-refractivity contribution is -0.137. The molecule has 0 aliphatic carbocycles. The molecule has 0 bridgehead atoms. The van der Waals surface area contributed by atoms with Gasteiger partial charge in [0, 0.05) is 11.1 Å². The highest BCUT2D eigenvalue weighted by molar-refractivity contribution is 7.07. The van der Waals surface area contributed by atoms with E-state index in [2.05, 4.69) is 0 Å². The molecule has 0 N–H and O–H groups in total. The summed E-state index contributed by atoms with van der Waals surface area (Å²) in [6, 6.07) is 9.32. The van der Waals surface area contributed by atoms with Crippen molar-refractivity contribution in [2.24, 2.45) is 0 Å². The third-order valence-electron chi connectivity index (χ3n) is 5.10. The fraction of sp³-hybridized carbons (Fsp3) is 0.269. The van der Waals surface area contributed by atoms with Gasteiger partial charge in [0.15, 0.2) is 5.78 Å². The standard InChI is InChI=1S/C26H24F3NO5S/c1-4-34-21-11-8-18(16(3)31)13-19(21)15-30-23(14-24(32)35-5-2)36-22(25(30)33)12-17-6-9-20(10-7-17)26(27,28)29/h6-14H,4-5,15H2,1-3H3/b22-12+,23-14-. The first-order chi connectivity index (χ1) is 17.0. The number of carbonyl (C=O) groups excluding carboxylic acids is 2. The molecule has 2 aromatic carbocycles. The third kappa shape index (κ3) is 6.51. The van der Waals surface area contributed by atoms with Crippen molar-refractivity contribution in [2.75, 3.05) is 13.2 Å². The number of Topliss-reactive ketones (excluding diaryl/α,β-unsaturated/α-hetero) is 1. The summed E-state index contributed by atoms with van der Waals surface area (Å²) in [6.45, 7) is 5.38. The number of hydrogen-bond acceptors (Lipinski definition) is 6. The average Bonchev–Trinajstić information content (AvgIpc) is 3.08. The molecule has 36 heavy (non-hydrogen) atoms. The largest absolute Gasteiger partial charge is 0.494 e. The first-order valence-corrected chi connectivity index (χ1v) is 11.9. The van der Waals surface area contributed by atoms with Crippen LogP contribution in [0.15, 0.2) is 47.3 Å². The summed E-state index contributed by atoms with van der Waals surface area (Å²) in [6.07, 6.45) is -1.82. The zero-order chi connectivity index (χ0) is 26.5. The molecule has 0 aliphatic rings. The van der Waals surface area contributed by atoms with Gasteiger partial charge in [-0.1, -0.05) is 12.1 Å². The number of ketones is 1. The van der Waals surface area contributed by atoms with E-state index in [0.717, 1.165) is 23.5 Å². The molecule has 0 unspecified atom stereocenters. The van der Waals surface area contributed by atoms with Crippen LogP contribution >= 0.6 is 11.3 Å². The second-order valence-corrected chi connectivity index (χ2v) is 8.73. The van der Waals surface area contributed by atoms with Crippen LogP contribution < -0.4 is 19.5 Å². The molecule has 0 spiro atoms. The zero-order valence-corrected chi connectivity index (χ0v) is 20.7. The van der Waals surface area contributed by atoms with Gasteiger partial charge in [-0.05, 0) is 62.7 Å². The van der Waals surface area contributed by atoms with Crippen LogP contribution in [0.2, 0.25) is 0 Å². The molecule has 6 nitrogen and oxygen atoms in total. The van der Waals surface area contributed by atoms with Gasteiger partial charge in [0.1, 0.15) is 10.4 Å². The minimum Gasteiger partial charge on any atom is -0.494 e. The number of hydrogen-bond donors (Lipinski definition) is 0. The Morgan fingerprint density at radius 1 is 1.06 bits per heavy atom. The van der Waals surface area contributed by atoms with Gasteiger partial charge < -0.3 is 9.47 Å². The number of esters is 1. The Hall–Kier alpha value is -3.66. The van der Waals surface area contributed by atoms with Gasteiger partial charge >= 0.3 is 12.1 Å². The molecule has 3 rings (SSSR count). The van der Waals surface area contributed by atoms with Crippen LogP contribution in [-0.4, -0.2) is 29.5 Å². The number of rotatable bonds is 8. The van der Waals surface area contributed by atoms with Gasteiger partial charge in [-0.25, -0.2) is 4.79 Å². The van der Waals surface area contributed by atoms with E-state index in [9.17, 15) is 27.6 Å². The van der Waals surface area contributed by atoms with Crippen molar-refractivity contribution in [3.05, 3.63) is 84.3 Å². The molecule has 0 atom stereocenters.